The summed E-state index contributed by atoms with van der Waals surface area (Å²) in [4.78, 5) is 88.6. The summed E-state index contributed by atoms with van der Waals surface area (Å²) in [5.41, 5.74) is 0. The van der Waals surface area contributed by atoms with E-state index in [1.54, 1.807) is 0 Å². The largest absolute Gasteiger partial charge is 2.00 e. The minimum Gasteiger partial charge on any atom is -0.544 e. The van der Waals surface area contributed by atoms with Crippen molar-refractivity contribution in [3.63, 3.8) is 0 Å². The molecule has 0 aliphatic carbocycles. The van der Waals surface area contributed by atoms with Crippen LogP contribution in [0.5, 0.6) is 0 Å². The van der Waals surface area contributed by atoms with Crippen LogP contribution in [0.3, 0.4) is 0 Å². The number of nitrogens with zero attached hydrogens (tertiary/aromatic N) is 2. The number of cyclic esters (lactones) is 4. The Hall–Kier alpha value is -1.89. The number of hydrogen-bond acceptors (Lipinski definition) is 18. The van der Waals surface area contributed by atoms with Crippen molar-refractivity contribution in [2.45, 2.75) is 0 Å². The predicted octanol–water partition coefficient (Wildman–Crippen LogP) is -14.9. The first kappa shape index (κ1) is 50.7. The number of carboxylic acids is 4. The zero-order chi connectivity index (χ0) is 28.9. The van der Waals surface area contributed by atoms with Crippen LogP contribution in [0.15, 0.2) is 0 Å². The second-order valence-electron chi connectivity index (χ2n) is 8.32. The third-order valence-electron chi connectivity index (χ3n) is 4.93. The van der Waals surface area contributed by atoms with Crippen molar-refractivity contribution in [1.29, 1.82) is 0 Å². The van der Waals surface area contributed by atoms with E-state index in [-0.39, 0.29) is 115 Å². The molecule has 2 aliphatic rings. The fourth-order valence-corrected chi connectivity index (χ4v) is 3.67. The zero-order valence-corrected chi connectivity index (χ0v) is 28.7. The van der Waals surface area contributed by atoms with Gasteiger partial charge in [-0.05, 0) is 0 Å². The van der Waals surface area contributed by atoms with Crippen LogP contribution in [-0.4, -0.2) is 136 Å². The summed E-state index contributed by atoms with van der Waals surface area (Å²) >= 11 is 0. The van der Waals surface area contributed by atoms with Gasteiger partial charge in [0.2, 0.25) is 0 Å². The molecule has 0 aromatic heterocycles. The van der Waals surface area contributed by atoms with Gasteiger partial charge < -0.3 is 70.9 Å². The summed E-state index contributed by atoms with van der Waals surface area (Å²) in [6.45, 7) is -6.35. The molecule has 6 N–H and O–H groups in total. The maximum atomic E-state index is 11.4. The molecule has 0 aromatic rings. The van der Waals surface area contributed by atoms with Crippen LogP contribution in [0.1, 0.15) is 0 Å². The average Bonchev–Trinajstić information content (AvgIpc) is 2.82. The fraction of sp³-hybridized carbons (Fsp3) is 0.600. The molecule has 20 nitrogen and oxygen atoms in total. The molecule has 2 rings (SSSR count). The molecule has 43 heavy (non-hydrogen) atoms. The minimum absolute atomic E-state index is 0. The Balaban J connectivity index is -0.000000201. The van der Waals surface area contributed by atoms with Crippen LogP contribution < -0.4 is 91.8 Å². The standard InChI is InChI=1S/2C10H13NO8.Co.2H3N.2Na/c2*12-7(13)3-11(4-8(14)15)5-9(16)18-1-2-19-10(17)6-11;;;;;/h2*1-6H2,(H-,12,13,14,15);;2*1H3;;/q;;+2;;;2*+1/p-2. The molecule has 0 atom stereocenters. The van der Waals surface area contributed by atoms with Gasteiger partial charge in [-0.2, -0.15) is 0 Å². The Labute approximate surface area is 299 Å². The Kier molecular flexibility index (Phi) is 28.8. The van der Waals surface area contributed by atoms with Crippen LogP contribution >= 0.6 is 0 Å². The van der Waals surface area contributed by atoms with Gasteiger partial charge >= 0.3 is 99.8 Å². The second-order valence-corrected chi connectivity index (χ2v) is 8.32. The van der Waals surface area contributed by atoms with E-state index in [0.717, 1.165) is 0 Å². The molecular formula is C20H30CoN4Na2O16+2. The summed E-state index contributed by atoms with van der Waals surface area (Å²) in [5.74, 6) is -9.66. The molecule has 235 valence electrons. The van der Waals surface area contributed by atoms with Crippen LogP contribution in [0.25, 0.3) is 0 Å². The quantitative estimate of drug-likeness (QED) is 0.103. The van der Waals surface area contributed by atoms with Gasteiger partial charge in [-0.1, -0.05) is 0 Å². The molecule has 0 saturated carbocycles. The number of carbonyl (C=O) groups excluding carboxylic acids is 8. The Bertz CT molecular complexity index is 835. The monoisotopic (exact) mass is 687 g/mol. The third kappa shape index (κ3) is 21.5. The molecule has 2 aliphatic heterocycles. The molecular weight excluding hydrogens is 657 g/mol. The molecule has 0 unspecified atom stereocenters. The van der Waals surface area contributed by atoms with Crippen LogP contribution in [0, 0.1) is 0 Å². The summed E-state index contributed by atoms with van der Waals surface area (Å²) in [7, 11) is 0. The molecule has 1 radical (unpaired) electrons. The van der Waals surface area contributed by atoms with E-state index in [9.17, 15) is 58.8 Å². The molecule has 0 aromatic carbocycles. The Morgan fingerprint density at radius 1 is 0.488 bits per heavy atom. The van der Waals surface area contributed by atoms with Gasteiger partial charge in [-0.3, -0.25) is 8.97 Å². The second kappa shape index (κ2) is 24.4. The third-order valence-corrected chi connectivity index (χ3v) is 4.93. The number of ether oxygens (including phenoxy) is 4. The number of rotatable bonds is 8. The molecule has 2 saturated heterocycles. The zero-order valence-electron chi connectivity index (χ0n) is 23.7. The topological polar surface area (TPSA) is 336 Å². The van der Waals surface area contributed by atoms with Gasteiger partial charge in [0, 0.05) is 0 Å². The van der Waals surface area contributed by atoms with Gasteiger partial charge in [0.05, 0.1) is 23.9 Å². The summed E-state index contributed by atoms with van der Waals surface area (Å²) in [6.07, 6.45) is 0. The minimum atomic E-state index is -1.60. The first-order valence-electron chi connectivity index (χ1n) is 10.8. The van der Waals surface area contributed by atoms with Gasteiger partial charge in [-0.25, -0.2) is 19.2 Å². The van der Waals surface area contributed by atoms with Crippen molar-refractivity contribution in [2.24, 2.45) is 0 Å². The van der Waals surface area contributed by atoms with Crippen molar-refractivity contribution < 1.29 is 163 Å². The number of esters is 4. The van der Waals surface area contributed by atoms with Crippen molar-refractivity contribution in [3.05, 3.63) is 0 Å². The first-order valence-corrected chi connectivity index (χ1v) is 10.8. The van der Waals surface area contributed by atoms with E-state index in [4.69, 9.17) is 0 Å². The molecule has 2 heterocycles. The fourth-order valence-electron chi connectivity index (χ4n) is 3.67. The van der Waals surface area contributed by atoms with E-state index >= 15 is 0 Å². The van der Waals surface area contributed by atoms with Crippen LogP contribution in [-0.2, 0) is 74.1 Å². The van der Waals surface area contributed by atoms with Gasteiger partial charge in [-0.15, -0.1) is 0 Å². The van der Waals surface area contributed by atoms with Gasteiger partial charge in [0.1, 0.15) is 52.6 Å². The van der Waals surface area contributed by atoms with Crippen molar-refractivity contribution in [1.82, 2.24) is 12.3 Å². The smallest absolute Gasteiger partial charge is 0.544 e. The van der Waals surface area contributed by atoms with Crippen molar-refractivity contribution in [3.8, 4) is 0 Å². The number of aliphatic carboxylic acids is 4. The maximum absolute atomic E-state index is 11.4. The van der Waals surface area contributed by atoms with Gasteiger partial charge in [0.15, 0.2) is 26.2 Å². The molecule has 0 amide bonds. The number of hydrogen-bond donors (Lipinski definition) is 2. The Morgan fingerprint density at radius 2 is 0.651 bits per heavy atom. The van der Waals surface area contributed by atoms with Crippen LogP contribution in [0.4, 0.5) is 0 Å². The normalized spacial score (nSPS) is 17.1. The average molecular weight is 687 g/mol. The van der Waals surface area contributed by atoms with E-state index in [1.807, 2.05) is 0 Å². The summed E-state index contributed by atoms with van der Waals surface area (Å²) in [5, 5.41) is 42.8. The van der Waals surface area contributed by atoms with E-state index < -0.39 is 109 Å². The number of carboxylic acid groups (broad SMARTS) is 4. The Morgan fingerprint density at radius 3 is 0.791 bits per heavy atom. The molecule has 0 bridgehead atoms. The van der Waals surface area contributed by atoms with E-state index in [2.05, 4.69) is 18.9 Å². The summed E-state index contributed by atoms with van der Waals surface area (Å²) in [6, 6.07) is 0. The SMILES string of the molecule is N.N.O=C([O-])C[N+]1(CC(=O)[O-])CC(=O)OCCOC(=O)C1.O=C([O-])C[N+]1(CC(=O)[O-])CC(=O)OCCOC(=O)C1.[Co+2].[Na+].[Na+]. The number of carbonyl (C=O) groups is 8. The van der Waals surface area contributed by atoms with E-state index in [0.29, 0.717) is 0 Å². The maximum Gasteiger partial charge on any atom is 2.00 e. The molecule has 0 spiro atoms. The molecule has 2 fully saturated rings. The predicted molar refractivity (Wildman–Crippen MR) is 113 cm³/mol. The van der Waals surface area contributed by atoms with Crippen LogP contribution in [0.2, 0.25) is 0 Å². The van der Waals surface area contributed by atoms with Gasteiger partial charge in [0.25, 0.3) is 0 Å². The molecule has 23 heteroatoms. The van der Waals surface area contributed by atoms with E-state index in [1.165, 1.54) is 0 Å². The van der Waals surface area contributed by atoms with Crippen molar-refractivity contribution in [2.75, 3.05) is 78.8 Å². The first-order chi connectivity index (χ1) is 17.7. The summed E-state index contributed by atoms with van der Waals surface area (Å²) < 4.78 is 16.9. The van der Waals surface area contributed by atoms with Crippen molar-refractivity contribution >= 4 is 47.8 Å². The number of quaternary nitrogens is 2.